The molecule has 0 spiro atoms. The lowest BCUT2D eigenvalue weighted by atomic mass is 10.2. The molecule has 6 heteroatoms. The van der Waals surface area contributed by atoms with Gasteiger partial charge in [0.25, 0.3) is 0 Å². The van der Waals surface area contributed by atoms with Crippen LogP contribution in [0.5, 0.6) is 0 Å². The topological polar surface area (TPSA) is 63.4 Å². The second kappa shape index (κ2) is 5.65. The van der Waals surface area contributed by atoms with E-state index in [0.29, 0.717) is 16.3 Å². The summed E-state index contributed by atoms with van der Waals surface area (Å²) in [5.74, 6) is 0. The minimum absolute atomic E-state index is 0.217. The molecule has 0 fully saturated rings. The maximum absolute atomic E-state index is 12.8. The van der Waals surface area contributed by atoms with Crippen LogP contribution in [0.3, 0.4) is 0 Å². The van der Waals surface area contributed by atoms with E-state index in [1.54, 1.807) is 7.05 Å². The lowest BCUT2D eigenvalue weighted by Gasteiger charge is -2.17. The Morgan fingerprint density at radius 2 is 2.05 bits per heavy atom. The van der Waals surface area contributed by atoms with Gasteiger partial charge in [0.15, 0.2) is 0 Å². The second-order valence-electron chi connectivity index (χ2n) is 4.77. The molecule has 0 aliphatic heterocycles. The Bertz CT molecular complexity index is 748. The highest BCUT2D eigenvalue weighted by atomic mass is 32.2. The van der Waals surface area contributed by atoms with E-state index in [1.807, 2.05) is 31.2 Å². The minimum atomic E-state index is -3.56. The van der Waals surface area contributed by atoms with E-state index in [0.717, 1.165) is 15.7 Å². The van der Waals surface area contributed by atoms with Crippen molar-refractivity contribution >= 4 is 31.4 Å². The van der Waals surface area contributed by atoms with Crippen molar-refractivity contribution in [1.29, 1.82) is 0 Å². The van der Waals surface area contributed by atoms with Crippen LogP contribution in [0.15, 0.2) is 41.3 Å². The first-order valence-electron chi connectivity index (χ1n) is 6.19. The van der Waals surface area contributed by atoms with Crippen LogP contribution >= 0.6 is 11.3 Å². The first-order chi connectivity index (χ1) is 9.37. The first kappa shape index (κ1) is 15.2. The van der Waals surface area contributed by atoms with Gasteiger partial charge in [0.1, 0.15) is 4.90 Å². The molecule has 1 aromatic heterocycles. The molecular weight excluding hydrogens is 292 g/mol. The molecule has 20 heavy (non-hydrogen) atoms. The van der Waals surface area contributed by atoms with Gasteiger partial charge in [-0.2, -0.15) is 4.31 Å². The number of likely N-dealkylation sites (N-methyl/N-ethyl adjacent to an activating group) is 1. The highest BCUT2D eigenvalue weighted by Crippen LogP contribution is 2.35. The third-order valence-corrected chi connectivity index (χ3v) is 6.22. The summed E-state index contributed by atoms with van der Waals surface area (Å²) in [6.45, 7) is 6.09. The molecule has 0 unspecified atom stereocenters. The van der Waals surface area contributed by atoms with E-state index in [4.69, 9.17) is 5.73 Å². The van der Waals surface area contributed by atoms with Crippen LogP contribution in [0.25, 0.3) is 10.1 Å². The van der Waals surface area contributed by atoms with Gasteiger partial charge in [-0.25, -0.2) is 8.42 Å². The molecule has 0 amide bonds. The van der Waals surface area contributed by atoms with Crippen molar-refractivity contribution in [3.63, 3.8) is 0 Å². The highest BCUT2D eigenvalue weighted by Gasteiger charge is 2.27. The van der Waals surface area contributed by atoms with E-state index in [-0.39, 0.29) is 6.54 Å². The Balaban J connectivity index is 2.64. The number of sulfonamides is 1. The number of thiophene rings is 1. The molecule has 2 aromatic rings. The zero-order valence-corrected chi connectivity index (χ0v) is 13.2. The molecule has 0 atom stereocenters. The number of benzene rings is 1. The maximum atomic E-state index is 12.8. The molecule has 0 bridgehead atoms. The summed E-state index contributed by atoms with van der Waals surface area (Å²) >= 11 is 1.43. The monoisotopic (exact) mass is 310 g/mol. The minimum Gasteiger partial charge on any atom is -0.326 e. The van der Waals surface area contributed by atoms with Gasteiger partial charge in [-0.05, 0) is 13.0 Å². The van der Waals surface area contributed by atoms with Crippen LogP contribution < -0.4 is 5.73 Å². The SMILES string of the molecule is C=C(C)CN(C)S(=O)(=O)c1c(CN)sc2ccccc12. The third kappa shape index (κ3) is 2.64. The van der Waals surface area contributed by atoms with Crippen LogP contribution in [-0.4, -0.2) is 26.3 Å². The molecule has 2 rings (SSSR count). The fourth-order valence-electron chi connectivity index (χ4n) is 2.11. The van der Waals surface area contributed by atoms with Crippen molar-refractivity contribution in [1.82, 2.24) is 4.31 Å². The van der Waals surface area contributed by atoms with Crippen molar-refractivity contribution in [2.75, 3.05) is 13.6 Å². The molecule has 108 valence electrons. The summed E-state index contributed by atoms with van der Waals surface area (Å²) in [5.41, 5.74) is 6.52. The number of nitrogens with zero attached hydrogens (tertiary/aromatic N) is 1. The molecule has 2 N–H and O–H groups in total. The van der Waals surface area contributed by atoms with Crippen molar-refractivity contribution in [2.45, 2.75) is 18.4 Å². The number of rotatable bonds is 5. The second-order valence-corrected chi connectivity index (χ2v) is 7.89. The summed E-state index contributed by atoms with van der Waals surface area (Å²) in [7, 11) is -1.99. The largest absolute Gasteiger partial charge is 0.326 e. The molecule has 1 aromatic carbocycles. The summed E-state index contributed by atoms with van der Waals surface area (Å²) in [6.07, 6.45) is 0. The number of nitrogens with two attached hydrogens (primary N) is 1. The quantitative estimate of drug-likeness (QED) is 0.863. The van der Waals surface area contributed by atoms with Gasteiger partial charge in [-0.1, -0.05) is 30.4 Å². The molecule has 0 saturated carbocycles. The summed E-state index contributed by atoms with van der Waals surface area (Å²) in [4.78, 5) is 1.03. The molecule has 1 heterocycles. The molecule has 0 aliphatic rings. The summed E-state index contributed by atoms with van der Waals surface area (Å²) in [5, 5.41) is 0.742. The molecule has 0 aliphatic carbocycles. The Morgan fingerprint density at radius 1 is 1.40 bits per heavy atom. The highest BCUT2D eigenvalue weighted by molar-refractivity contribution is 7.89. The predicted molar refractivity (Wildman–Crippen MR) is 84.3 cm³/mol. The zero-order chi connectivity index (χ0) is 14.9. The summed E-state index contributed by atoms with van der Waals surface area (Å²) in [6, 6.07) is 7.48. The van der Waals surface area contributed by atoms with E-state index < -0.39 is 10.0 Å². The average Bonchev–Trinajstić information content (AvgIpc) is 2.76. The standard InChI is InChI=1S/C14H18N2O2S2/c1-10(2)9-16(3)20(17,18)14-11-6-4-5-7-12(11)19-13(14)8-15/h4-7H,1,8-9,15H2,2-3H3. The number of hydrogen-bond acceptors (Lipinski definition) is 4. The maximum Gasteiger partial charge on any atom is 0.244 e. The van der Waals surface area contributed by atoms with E-state index in [1.165, 1.54) is 15.6 Å². The van der Waals surface area contributed by atoms with Crippen molar-refractivity contribution in [3.8, 4) is 0 Å². The third-order valence-electron chi connectivity index (χ3n) is 2.96. The van der Waals surface area contributed by atoms with Gasteiger partial charge in [-0.3, -0.25) is 0 Å². The van der Waals surface area contributed by atoms with E-state index in [9.17, 15) is 8.42 Å². The van der Waals surface area contributed by atoms with Crippen LogP contribution in [0.1, 0.15) is 11.8 Å². The number of hydrogen-bond donors (Lipinski definition) is 1. The van der Waals surface area contributed by atoms with Gasteiger partial charge in [-0.15, -0.1) is 11.3 Å². The van der Waals surface area contributed by atoms with Crippen LogP contribution in [0.2, 0.25) is 0 Å². The van der Waals surface area contributed by atoms with Crippen LogP contribution in [0.4, 0.5) is 0 Å². The van der Waals surface area contributed by atoms with Crippen molar-refractivity contribution < 1.29 is 8.42 Å². The lowest BCUT2D eigenvalue weighted by Crippen LogP contribution is -2.29. The van der Waals surface area contributed by atoms with Gasteiger partial charge < -0.3 is 5.73 Å². The first-order valence-corrected chi connectivity index (χ1v) is 8.44. The van der Waals surface area contributed by atoms with Gasteiger partial charge >= 0.3 is 0 Å². The number of fused-ring (bicyclic) bond motifs is 1. The predicted octanol–water partition coefficient (Wildman–Crippen LogP) is 2.56. The fourth-order valence-corrected chi connectivity index (χ4v) is 5.12. The van der Waals surface area contributed by atoms with Gasteiger partial charge in [0.2, 0.25) is 10.0 Å². The summed E-state index contributed by atoms with van der Waals surface area (Å²) < 4.78 is 27.8. The molecule has 0 radical (unpaired) electrons. The van der Waals surface area contributed by atoms with Crippen molar-refractivity contribution in [3.05, 3.63) is 41.3 Å². The molecular formula is C14H18N2O2S2. The van der Waals surface area contributed by atoms with Gasteiger partial charge in [0.05, 0.1) is 0 Å². The molecule has 0 saturated heterocycles. The van der Waals surface area contributed by atoms with Gasteiger partial charge in [0, 0.05) is 35.1 Å². The Hall–Kier alpha value is -1.21. The smallest absolute Gasteiger partial charge is 0.244 e. The van der Waals surface area contributed by atoms with E-state index >= 15 is 0 Å². The normalized spacial score (nSPS) is 12.2. The Morgan fingerprint density at radius 3 is 2.65 bits per heavy atom. The average molecular weight is 310 g/mol. The van der Waals surface area contributed by atoms with Crippen LogP contribution in [-0.2, 0) is 16.6 Å². The fraction of sp³-hybridized carbons (Fsp3) is 0.286. The van der Waals surface area contributed by atoms with Crippen LogP contribution in [0, 0.1) is 0 Å². The Kier molecular flexibility index (Phi) is 4.29. The molecule has 4 nitrogen and oxygen atoms in total. The van der Waals surface area contributed by atoms with Crippen molar-refractivity contribution in [2.24, 2.45) is 5.73 Å². The van der Waals surface area contributed by atoms with E-state index in [2.05, 4.69) is 6.58 Å². The lowest BCUT2D eigenvalue weighted by molar-refractivity contribution is 0.493. The Labute approximate surface area is 123 Å². The zero-order valence-electron chi connectivity index (χ0n) is 11.6.